The van der Waals surface area contributed by atoms with Crippen molar-refractivity contribution in [3.63, 3.8) is 0 Å². The maximum atomic E-state index is 6.10. The molecule has 0 saturated carbocycles. The molecule has 3 heteroatoms. The Bertz CT molecular complexity index is 481. The van der Waals surface area contributed by atoms with Crippen LogP contribution in [0.1, 0.15) is 12.5 Å². The van der Waals surface area contributed by atoms with Crippen LogP contribution in [0.3, 0.4) is 0 Å². The predicted octanol–water partition coefficient (Wildman–Crippen LogP) is 3.03. The fourth-order valence-corrected chi connectivity index (χ4v) is 2.04. The van der Waals surface area contributed by atoms with E-state index >= 15 is 0 Å². The van der Waals surface area contributed by atoms with Gasteiger partial charge < -0.3 is 10.5 Å². The first-order valence-electron chi connectivity index (χ1n) is 5.53. The summed E-state index contributed by atoms with van der Waals surface area (Å²) in [5, 5.41) is 0.727. The summed E-state index contributed by atoms with van der Waals surface area (Å²) in [6, 6.07) is 7.58. The minimum atomic E-state index is -0.428. The Balaban J connectivity index is 2.32. The van der Waals surface area contributed by atoms with Crippen LogP contribution in [-0.4, -0.2) is 18.8 Å². The lowest BCUT2D eigenvalue weighted by atomic mass is 9.87. The summed E-state index contributed by atoms with van der Waals surface area (Å²) < 4.78 is 5.42. The van der Waals surface area contributed by atoms with E-state index in [1.807, 2.05) is 49.4 Å². The molecule has 1 aromatic rings. The topological polar surface area (TPSA) is 35.2 Å². The second kappa shape index (κ2) is 4.65. The van der Waals surface area contributed by atoms with Crippen molar-refractivity contribution in [2.45, 2.75) is 18.6 Å². The number of hydrogen-bond donors (Lipinski definition) is 1. The molecule has 1 aliphatic rings. The highest BCUT2D eigenvalue weighted by atomic mass is 35.5. The van der Waals surface area contributed by atoms with Crippen LogP contribution in [0.25, 0.3) is 5.57 Å². The van der Waals surface area contributed by atoms with Crippen LogP contribution in [0.5, 0.6) is 0 Å². The molecule has 2 atom stereocenters. The fraction of sp³-hybridized carbons (Fsp3) is 0.286. The van der Waals surface area contributed by atoms with E-state index in [-0.39, 0.29) is 6.04 Å². The third-order valence-electron chi connectivity index (χ3n) is 3.21. The van der Waals surface area contributed by atoms with Crippen molar-refractivity contribution in [2.75, 3.05) is 7.11 Å². The van der Waals surface area contributed by atoms with Crippen molar-refractivity contribution in [1.82, 2.24) is 0 Å². The third-order valence-corrected chi connectivity index (χ3v) is 3.45. The molecule has 0 heterocycles. The Morgan fingerprint density at radius 2 is 2.18 bits per heavy atom. The predicted molar refractivity (Wildman–Crippen MR) is 72.0 cm³/mol. The summed E-state index contributed by atoms with van der Waals surface area (Å²) in [6.07, 6.45) is 6.03. The number of halogens is 1. The summed E-state index contributed by atoms with van der Waals surface area (Å²) in [6.45, 7) is 1.97. The first kappa shape index (κ1) is 12.4. The molecule has 90 valence electrons. The number of methoxy groups -OCH3 is 1. The van der Waals surface area contributed by atoms with Crippen molar-refractivity contribution < 1.29 is 4.74 Å². The van der Waals surface area contributed by atoms with E-state index < -0.39 is 5.60 Å². The zero-order chi connectivity index (χ0) is 12.5. The summed E-state index contributed by atoms with van der Waals surface area (Å²) in [4.78, 5) is 0. The molecule has 0 bridgehead atoms. The summed E-state index contributed by atoms with van der Waals surface area (Å²) in [5.41, 5.74) is 7.83. The van der Waals surface area contributed by atoms with Gasteiger partial charge in [0.15, 0.2) is 0 Å². The summed E-state index contributed by atoms with van der Waals surface area (Å²) >= 11 is 5.98. The quantitative estimate of drug-likeness (QED) is 0.875. The molecule has 0 saturated heterocycles. The lowest BCUT2D eigenvalue weighted by molar-refractivity contribution is 0.0376. The molecular formula is C14H16ClNO. The second-order valence-electron chi connectivity index (χ2n) is 4.38. The first-order chi connectivity index (χ1) is 8.05. The summed E-state index contributed by atoms with van der Waals surface area (Å²) in [7, 11) is 1.67. The molecule has 2 nitrogen and oxygen atoms in total. The summed E-state index contributed by atoms with van der Waals surface area (Å²) in [5.74, 6) is 0. The van der Waals surface area contributed by atoms with E-state index in [0.29, 0.717) is 0 Å². The molecule has 17 heavy (non-hydrogen) atoms. The Morgan fingerprint density at radius 1 is 1.41 bits per heavy atom. The van der Waals surface area contributed by atoms with E-state index in [0.717, 1.165) is 16.2 Å². The van der Waals surface area contributed by atoms with Crippen LogP contribution >= 0.6 is 11.6 Å². The average Bonchev–Trinajstić information content (AvgIpc) is 2.33. The first-order valence-corrected chi connectivity index (χ1v) is 5.91. The van der Waals surface area contributed by atoms with Gasteiger partial charge in [-0.1, -0.05) is 42.0 Å². The molecular weight excluding hydrogens is 234 g/mol. The molecule has 2 rings (SSSR count). The van der Waals surface area contributed by atoms with E-state index in [4.69, 9.17) is 22.1 Å². The molecule has 0 radical (unpaired) electrons. The molecule has 2 N–H and O–H groups in total. The Labute approximate surface area is 107 Å². The van der Waals surface area contributed by atoms with Gasteiger partial charge in [-0.2, -0.15) is 0 Å². The zero-order valence-electron chi connectivity index (χ0n) is 9.98. The van der Waals surface area contributed by atoms with Gasteiger partial charge in [-0.25, -0.2) is 0 Å². The van der Waals surface area contributed by atoms with E-state index in [2.05, 4.69) is 0 Å². The number of nitrogens with two attached hydrogens (primary N) is 1. The molecule has 0 fully saturated rings. The Morgan fingerprint density at radius 3 is 2.76 bits per heavy atom. The number of ether oxygens (including phenoxy) is 1. The minimum Gasteiger partial charge on any atom is -0.372 e. The van der Waals surface area contributed by atoms with Gasteiger partial charge in [-0.3, -0.25) is 0 Å². The lowest BCUT2D eigenvalue weighted by Gasteiger charge is -2.32. The van der Waals surface area contributed by atoms with Gasteiger partial charge >= 0.3 is 0 Å². The molecule has 1 aromatic carbocycles. The van der Waals surface area contributed by atoms with Crippen LogP contribution in [0.2, 0.25) is 5.02 Å². The van der Waals surface area contributed by atoms with Gasteiger partial charge in [0.05, 0.1) is 6.04 Å². The zero-order valence-corrected chi connectivity index (χ0v) is 10.7. The lowest BCUT2D eigenvalue weighted by Crippen LogP contribution is -2.45. The van der Waals surface area contributed by atoms with Crippen LogP contribution < -0.4 is 5.73 Å². The second-order valence-corrected chi connectivity index (χ2v) is 4.82. The van der Waals surface area contributed by atoms with Gasteiger partial charge in [0.1, 0.15) is 5.60 Å². The molecule has 0 aromatic heterocycles. The Hall–Kier alpha value is -1.09. The molecule has 0 spiro atoms. The monoisotopic (exact) mass is 249 g/mol. The highest BCUT2D eigenvalue weighted by Gasteiger charge is 2.30. The minimum absolute atomic E-state index is 0.161. The largest absolute Gasteiger partial charge is 0.372 e. The Kier molecular flexibility index (Phi) is 3.38. The number of benzene rings is 1. The average molecular weight is 250 g/mol. The fourth-order valence-electron chi connectivity index (χ4n) is 1.85. The maximum absolute atomic E-state index is 6.10. The molecule has 2 unspecified atom stereocenters. The van der Waals surface area contributed by atoms with Gasteiger partial charge in [0.2, 0.25) is 0 Å². The maximum Gasteiger partial charge on any atom is 0.102 e. The molecule has 0 amide bonds. The number of allylic oxidation sites excluding steroid dienone is 2. The molecule has 0 aliphatic heterocycles. The van der Waals surface area contributed by atoms with E-state index in [1.165, 1.54) is 0 Å². The van der Waals surface area contributed by atoms with Crippen molar-refractivity contribution in [1.29, 1.82) is 0 Å². The smallest absolute Gasteiger partial charge is 0.102 e. The van der Waals surface area contributed by atoms with Crippen molar-refractivity contribution in [2.24, 2.45) is 5.73 Å². The van der Waals surface area contributed by atoms with Gasteiger partial charge in [-0.15, -0.1) is 0 Å². The van der Waals surface area contributed by atoms with E-state index in [9.17, 15) is 0 Å². The van der Waals surface area contributed by atoms with Gasteiger partial charge in [-0.05, 0) is 30.2 Å². The van der Waals surface area contributed by atoms with Crippen LogP contribution in [0.15, 0.2) is 42.5 Å². The van der Waals surface area contributed by atoms with Crippen molar-refractivity contribution >= 4 is 17.2 Å². The van der Waals surface area contributed by atoms with Crippen LogP contribution in [-0.2, 0) is 4.74 Å². The number of rotatable bonds is 2. The van der Waals surface area contributed by atoms with Gasteiger partial charge in [0.25, 0.3) is 0 Å². The van der Waals surface area contributed by atoms with Crippen LogP contribution in [0, 0.1) is 0 Å². The van der Waals surface area contributed by atoms with Crippen molar-refractivity contribution in [3.8, 4) is 0 Å². The number of hydrogen-bond acceptors (Lipinski definition) is 2. The normalized spacial score (nSPS) is 28.0. The van der Waals surface area contributed by atoms with Crippen LogP contribution in [0.4, 0.5) is 0 Å². The standard InChI is InChI=1S/C14H16ClNO/c1-14(17-2)7-6-11(9-13(14)16)10-4-3-5-12(15)8-10/h3-9,13H,16H2,1-2H3. The molecule has 1 aliphatic carbocycles. The highest BCUT2D eigenvalue weighted by molar-refractivity contribution is 6.30. The SMILES string of the molecule is COC1(C)C=CC(c2cccc(Cl)c2)=CC1N. The third kappa shape index (κ3) is 2.44. The van der Waals surface area contributed by atoms with Crippen molar-refractivity contribution in [3.05, 3.63) is 53.1 Å². The highest BCUT2D eigenvalue weighted by Crippen LogP contribution is 2.29. The van der Waals surface area contributed by atoms with Gasteiger partial charge in [0, 0.05) is 12.1 Å². The van der Waals surface area contributed by atoms with E-state index in [1.54, 1.807) is 7.11 Å².